The zero-order valence-electron chi connectivity index (χ0n) is 13.7. The standard InChI is InChI=1S/C16H15Cl2NO4.Na/c1-7-11(15(20)21)13(9-5-4-6-10(17)14(9)18)12(8(2)19-7)16(22)23-3;/h4-6,13,19H,1-3H3,(H,20,21);/q;+1/p-1. The summed E-state index contributed by atoms with van der Waals surface area (Å²) in [6, 6.07) is 4.84. The van der Waals surface area contributed by atoms with Crippen LogP contribution in [0, 0.1) is 0 Å². The Morgan fingerprint density at radius 1 is 1.17 bits per heavy atom. The molecule has 0 spiro atoms. The molecule has 1 aromatic carbocycles. The van der Waals surface area contributed by atoms with Crippen molar-refractivity contribution >= 4 is 35.1 Å². The van der Waals surface area contributed by atoms with Gasteiger partial charge in [-0.3, -0.25) is 0 Å². The largest absolute Gasteiger partial charge is 1.00 e. The summed E-state index contributed by atoms with van der Waals surface area (Å²) in [4.78, 5) is 23.8. The zero-order chi connectivity index (χ0) is 17.3. The molecule has 1 N–H and O–H groups in total. The molecule has 8 heteroatoms. The van der Waals surface area contributed by atoms with E-state index in [9.17, 15) is 14.7 Å². The maximum atomic E-state index is 12.2. The second kappa shape index (κ2) is 8.41. The van der Waals surface area contributed by atoms with Gasteiger partial charge < -0.3 is 20.0 Å². The molecule has 5 nitrogen and oxygen atoms in total. The number of carboxylic acids is 1. The number of carbonyl (C=O) groups is 2. The number of halogens is 2. The van der Waals surface area contributed by atoms with Gasteiger partial charge >= 0.3 is 35.5 Å². The number of hydrogen-bond acceptors (Lipinski definition) is 5. The molecule has 0 bridgehead atoms. The number of methoxy groups -OCH3 is 1. The number of ether oxygens (including phenoxy) is 1. The average Bonchev–Trinajstić information content (AvgIpc) is 2.48. The van der Waals surface area contributed by atoms with Crippen molar-refractivity contribution in [2.24, 2.45) is 0 Å². The van der Waals surface area contributed by atoms with E-state index in [0.717, 1.165) is 0 Å². The third-order valence-corrected chi connectivity index (χ3v) is 4.51. The van der Waals surface area contributed by atoms with Crippen LogP contribution in [0.1, 0.15) is 25.3 Å². The number of carbonyl (C=O) groups excluding carboxylic acids is 2. The molecule has 0 saturated carbocycles. The molecule has 0 amide bonds. The molecule has 1 atom stereocenters. The number of nitrogens with one attached hydrogen (secondary N) is 1. The van der Waals surface area contributed by atoms with E-state index >= 15 is 0 Å². The minimum Gasteiger partial charge on any atom is -0.545 e. The summed E-state index contributed by atoms with van der Waals surface area (Å²) in [5.74, 6) is -2.98. The molecule has 1 unspecified atom stereocenters. The summed E-state index contributed by atoms with van der Waals surface area (Å²) in [5.41, 5.74) is 1.33. The normalized spacial score (nSPS) is 17.1. The van der Waals surface area contributed by atoms with Crippen LogP contribution in [0.15, 0.2) is 40.7 Å². The minimum atomic E-state index is -1.40. The van der Waals surface area contributed by atoms with Crippen molar-refractivity contribution < 1.29 is 49.0 Å². The van der Waals surface area contributed by atoms with E-state index in [4.69, 9.17) is 27.9 Å². The first-order valence-corrected chi connectivity index (χ1v) is 7.47. The fraction of sp³-hybridized carbons (Fsp3) is 0.250. The number of carboxylic acid groups (broad SMARTS) is 1. The molecule has 0 saturated heterocycles. The number of aliphatic carboxylic acids is 1. The van der Waals surface area contributed by atoms with E-state index < -0.39 is 17.9 Å². The van der Waals surface area contributed by atoms with E-state index in [1.165, 1.54) is 7.11 Å². The Labute approximate surface area is 171 Å². The Kier molecular flexibility index (Phi) is 7.38. The van der Waals surface area contributed by atoms with Crippen molar-refractivity contribution in [2.45, 2.75) is 19.8 Å². The molecule has 2 rings (SSSR count). The van der Waals surface area contributed by atoms with Crippen molar-refractivity contribution in [2.75, 3.05) is 7.11 Å². The molecule has 0 radical (unpaired) electrons. The summed E-state index contributed by atoms with van der Waals surface area (Å²) in [6.07, 6.45) is 0. The number of allylic oxidation sites excluding steroid dienone is 2. The molecule has 1 aromatic rings. The van der Waals surface area contributed by atoms with Crippen LogP contribution in [-0.4, -0.2) is 19.0 Å². The molecular formula is C16H14Cl2NNaO4. The van der Waals surface area contributed by atoms with Crippen molar-refractivity contribution in [3.8, 4) is 0 Å². The summed E-state index contributed by atoms with van der Waals surface area (Å²) < 4.78 is 4.80. The van der Waals surface area contributed by atoms with Gasteiger partial charge in [-0.05, 0) is 25.5 Å². The van der Waals surface area contributed by atoms with E-state index in [-0.39, 0.29) is 50.7 Å². The van der Waals surface area contributed by atoms with Crippen LogP contribution in [0.5, 0.6) is 0 Å². The van der Waals surface area contributed by atoms with E-state index in [1.54, 1.807) is 32.0 Å². The SMILES string of the molecule is COC(=O)C1=C(C)NC(C)=C(C(=O)[O-])C1c1cccc(Cl)c1Cl.[Na+]. The van der Waals surface area contributed by atoms with Crippen molar-refractivity contribution in [1.29, 1.82) is 0 Å². The first kappa shape index (κ1) is 21.1. The summed E-state index contributed by atoms with van der Waals surface area (Å²) >= 11 is 12.3. The fourth-order valence-corrected chi connectivity index (χ4v) is 3.12. The molecule has 0 aromatic heterocycles. The smallest absolute Gasteiger partial charge is 0.545 e. The van der Waals surface area contributed by atoms with Crippen LogP contribution in [0.2, 0.25) is 10.0 Å². The van der Waals surface area contributed by atoms with Crippen molar-refractivity contribution in [3.63, 3.8) is 0 Å². The monoisotopic (exact) mass is 377 g/mol. The van der Waals surface area contributed by atoms with Crippen LogP contribution in [-0.2, 0) is 14.3 Å². The number of dihydropyridines is 1. The molecule has 1 heterocycles. The van der Waals surface area contributed by atoms with E-state index in [2.05, 4.69) is 5.32 Å². The second-order valence-electron chi connectivity index (χ2n) is 5.06. The Balaban J connectivity index is 0.00000288. The Bertz CT molecular complexity index is 758. The van der Waals surface area contributed by atoms with Crippen molar-refractivity contribution in [1.82, 2.24) is 5.32 Å². The van der Waals surface area contributed by atoms with Gasteiger partial charge in [-0.25, -0.2) is 4.79 Å². The van der Waals surface area contributed by atoms with Gasteiger partial charge in [0, 0.05) is 22.9 Å². The van der Waals surface area contributed by atoms with Gasteiger partial charge in [0.2, 0.25) is 0 Å². The van der Waals surface area contributed by atoms with E-state index in [0.29, 0.717) is 17.0 Å². The predicted molar refractivity (Wildman–Crippen MR) is 84.8 cm³/mol. The number of hydrogen-bond donors (Lipinski definition) is 1. The number of rotatable bonds is 3. The van der Waals surface area contributed by atoms with Gasteiger partial charge in [-0.2, -0.15) is 0 Å². The van der Waals surface area contributed by atoms with Crippen LogP contribution >= 0.6 is 23.2 Å². The van der Waals surface area contributed by atoms with E-state index in [1.807, 2.05) is 0 Å². The van der Waals surface area contributed by atoms with Gasteiger partial charge in [0.1, 0.15) is 0 Å². The topological polar surface area (TPSA) is 78.5 Å². The number of esters is 1. The zero-order valence-corrected chi connectivity index (χ0v) is 17.2. The third kappa shape index (κ3) is 3.81. The van der Waals surface area contributed by atoms with Gasteiger partial charge in [-0.1, -0.05) is 35.3 Å². The minimum absolute atomic E-state index is 0. The number of benzene rings is 1. The molecule has 0 fully saturated rings. The molecule has 1 aliphatic rings. The first-order chi connectivity index (χ1) is 10.8. The first-order valence-electron chi connectivity index (χ1n) is 6.71. The maximum absolute atomic E-state index is 12.2. The van der Waals surface area contributed by atoms with Gasteiger partial charge in [0.25, 0.3) is 0 Å². The van der Waals surface area contributed by atoms with Crippen molar-refractivity contribution in [3.05, 3.63) is 56.3 Å². The summed E-state index contributed by atoms with van der Waals surface area (Å²) in [7, 11) is 1.23. The van der Waals surface area contributed by atoms with Gasteiger partial charge in [0.05, 0.1) is 28.7 Å². The van der Waals surface area contributed by atoms with Crippen LogP contribution < -0.4 is 40.0 Å². The fourth-order valence-electron chi connectivity index (χ4n) is 2.70. The quantitative estimate of drug-likeness (QED) is 0.548. The predicted octanol–water partition coefficient (Wildman–Crippen LogP) is -0.845. The van der Waals surface area contributed by atoms with Gasteiger partial charge in [0.15, 0.2) is 0 Å². The Hall–Kier alpha value is -0.980. The van der Waals surface area contributed by atoms with Crippen LogP contribution in [0.3, 0.4) is 0 Å². The maximum Gasteiger partial charge on any atom is 1.00 e. The summed E-state index contributed by atoms with van der Waals surface area (Å²) in [6.45, 7) is 3.25. The summed E-state index contributed by atoms with van der Waals surface area (Å²) in [5, 5.41) is 15.0. The van der Waals surface area contributed by atoms with Gasteiger partial charge in [-0.15, -0.1) is 0 Å². The Morgan fingerprint density at radius 2 is 1.75 bits per heavy atom. The molecular weight excluding hydrogens is 364 g/mol. The molecule has 24 heavy (non-hydrogen) atoms. The second-order valence-corrected chi connectivity index (χ2v) is 5.84. The molecule has 0 aliphatic carbocycles. The Morgan fingerprint density at radius 3 is 2.29 bits per heavy atom. The molecule has 122 valence electrons. The van der Waals surface area contributed by atoms with Crippen LogP contribution in [0.25, 0.3) is 0 Å². The van der Waals surface area contributed by atoms with Crippen LogP contribution in [0.4, 0.5) is 0 Å². The third-order valence-electron chi connectivity index (χ3n) is 3.68. The molecule has 1 aliphatic heterocycles. The average molecular weight is 378 g/mol.